The number of rotatable bonds is 3. The van der Waals surface area contributed by atoms with Crippen molar-refractivity contribution in [3.63, 3.8) is 0 Å². The summed E-state index contributed by atoms with van der Waals surface area (Å²) >= 11 is 0. The Hall–Kier alpha value is -2.22. The fourth-order valence-electron chi connectivity index (χ4n) is 4.14. The number of carboxylic acids is 1. The van der Waals surface area contributed by atoms with E-state index in [4.69, 9.17) is 0 Å². The summed E-state index contributed by atoms with van der Waals surface area (Å²) in [6.07, 6.45) is 4.30. The molecule has 8 heteroatoms. The van der Waals surface area contributed by atoms with Crippen LogP contribution in [0.1, 0.15) is 24.8 Å². The second-order valence-corrected chi connectivity index (χ2v) is 9.10. The Morgan fingerprint density at radius 3 is 2.69 bits per heavy atom. The van der Waals surface area contributed by atoms with Crippen molar-refractivity contribution in [1.82, 2.24) is 4.98 Å². The van der Waals surface area contributed by atoms with Gasteiger partial charge in [-0.25, -0.2) is 14.2 Å². The van der Waals surface area contributed by atoms with Crippen molar-refractivity contribution in [3.8, 4) is 0 Å². The molecule has 6 nitrogen and oxygen atoms in total. The number of carboxylic acid groups (broad SMARTS) is 1. The van der Waals surface area contributed by atoms with Crippen LogP contribution in [0.5, 0.6) is 0 Å². The number of hydrogen-bond acceptors (Lipinski definition) is 5. The zero-order chi connectivity index (χ0) is 18.2. The lowest BCUT2D eigenvalue weighted by Crippen LogP contribution is -2.39. The van der Waals surface area contributed by atoms with Crippen molar-refractivity contribution < 1.29 is 18.5 Å². The number of anilines is 2. The third kappa shape index (κ3) is 2.24. The van der Waals surface area contributed by atoms with Gasteiger partial charge < -0.3 is 14.9 Å². The van der Waals surface area contributed by atoms with Gasteiger partial charge in [-0.2, -0.15) is 0 Å². The summed E-state index contributed by atoms with van der Waals surface area (Å²) in [7, 11) is -0.825. The van der Waals surface area contributed by atoms with Gasteiger partial charge in [0.1, 0.15) is 5.82 Å². The van der Waals surface area contributed by atoms with Gasteiger partial charge in [-0.15, -0.1) is 0 Å². The van der Waals surface area contributed by atoms with Gasteiger partial charge in [-0.1, -0.05) is 6.58 Å². The SMILES string of the molecule is C=C1C(C(=O)O)=CN(C2CC2)c2nc(N3CC4CC3CS4=O)c(F)cc21. The summed E-state index contributed by atoms with van der Waals surface area (Å²) in [5.41, 5.74) is 0.798. The lowest BCUT2D eigenvalue weighted by Gasteiger charge is -2.32. The number of halogens is 1. The molecule has 2 saturated heterocycles. The quantitative estimate of drug-likeness (QED) is 0.870. The first-order chi connectivity index (χ1) is 12.4. The van der Waals surface area contributed by atoms with Crippen LogP contribution in [0.4, 0.5) is 16.0 Å². The smallest absolute Gasteiger partial charge is 0.337 e. The molecule has 26 heavy (non-hydrogen) atoms. The van der Waals surface area contributed by atoms with E-state index >= 15 is 0 Å². The van der Waals surface area contributed by atoms with Crippen molar-refractivity contribution in [1.29, 1.82) is 0 Å². The lowest BCUT2D eigenvalue weighted by atomic mass is 9.97. The number of aliphatic carboxylic acids is 1. The monoisotopic (exact) mass is 375 g/mol. The average Bonchev–Trinajstić information content (AvgIpc) is 3.26. The molecule has 1 saturated carbocycles. The molecule has 1 aromatic heterocycles. The zero-order valence-corrected chi connectivity index (χ0v) is 14.8. The summed E-state index contributed by atoms with van der Waals surface area (Å²) in [5, 5.41) is 9.53. The molecule has 4 heterocycles. The summed E-state index contributed by atoms with van der Waals surface area (Å²) in [6, 6.07) is 1.62. The summed E-state index contributed by atoms with van der Waals surface area (Å²) in [6.45, 7) is 4.41. The van der Waals surface area contributed by atoms with E-state index in [-0.39, 0.29) is 34.3 Å². The van der Waals surface area contributed by atoms with Crippen LogP contribution in [0.15, 0.2) is 24.4 Å². The second kappa shape index (κ2) is 5.39. The van der Waals surface area contributed by atoms with Crippen LogP contribution in [0.25, 0.3) is 5.57 Å². The molecule has 0 aromatic carbocycles. The molecular formula is C18H18FN3O3S. The van der Waals surface area contributed by atoms with E-state index in [1.165, 1.54) is 6.07 Å². The van der Waals surface area contributed by atoms with E-state index in [1.54, 1.807) is 6.20 Å². The molecule has 0 amide bonds. The van der Waals surface area contributed by atoms with E-state index in [0.29, 0.717) is 23.7 Å². The van der Waals surface area contributed by atoms with Gasteiger partial charge in [0, 0.05) is 46.9 Å². The maximum absolute atomic E-state index is 14.9. The lowest BCUT2D eigenvalue weighted by molar-refractivity contribution is -0.132. The van der Waals surface area contributed by atoms with Crippen molar-refractivity contribution in [3.05, 3.63) is 35.8 Å². The fourth-order valence-corrected chi connectivity index (χ4v) is 5.87. The van der Waals surface area contributed by atoms with Gasteiger partial charge in [-0.05, 0) is 30.9 Å². The molecule has 3 aliphatic heterocycles. The molecule has 0 radical (unpaired) electrons. The Morgan fingerprint density at radius 1 is 1.35 bits per heavy atom. The van der Waals surface area contributed by atoms with Gasteiger partial charge in [0.15, 0.2) is 11.6 Å². The topological polar surface area (TPSA) is 73.7 Å². The number of aromatic nitrogens is 1. The van der Waals surface area contributed by atoms with Crippen LogP contribution in [0.2, 0.25) is 0 Å². The highest BCUT2D eigenvalue weighted by molar-refractivity contribution is 7.86. The van der Waals surface area contributed by atoms with Gasteiger partial charge in [0.25, 0.3) is 0 Å². The van der Waals surface area contributed by atoms with Crippen LogP contribution < -0.4 is 9.80 Å². The Bertz CT molecular complexity index is 911. The first-order valence-electron chi connectivity index (χ1n) is 8.71. The first-order valence-corrected chi connectivity index (χ1v) is 10.1. The Kier molecular flexibility index (Phi) is 3.31. The molecule has 1 aromatic rings. The first kappa shape index (κ1) is 16.0. The predicted octanol–water partition coefficient (Wildman–Crippen LogP) is 1.89. The van der Waals surface area contributed by atoms with Gasteiger partial charge in [0.2, 0.25) is 0 Å². The van der Waals surface area contributed by atoms with Crippen LogP contribution >= 0.6 is 0 Å². The van der Waals surface area contributed by atoms with Crippen molar-refractivity contribution in [2.24, 2.45) is 0 Å². The minimum atomic E-state index is -1.07. The minimum absolute atomic E-state index is 0.0622. The van der Waals surface area contributed by atoms with Gasteiger partial charge in [-0.3, -0.25) is 4.21 Å². The third-order valence-electron chi connectivity index (χ3n) is 5.65. The van der Waals surface area contributed by atoms with E-state index < -0.39 is 22.6 Å². The molecule has 1 N–H and O–H groups in total. The van der Waals surface area contributed by atoms with Crippen LogP contribution in [0, 0.1) is 5.82 Å². The maximum atomic E-state index is 14.9. The molecule has 3 fully saturated rings. The van der Waals surface area contributed by atoms with E-state index in [9.17, 15) is 18.5 Å². The number of fused-ring (bicyclic) bond motifs is 3. The number of pyridine rings is 1. The predicted molar refractivity (Wildman–Crippen MR) is 97.0 cm³/mol. The highest BCUT2D eigenvalue weighted by Crippen LogP contribution is 2.44. The maximum Gasteiger partial charge on any atom is 0.337 e. The summed E-state index contributed by atoms with van der Waals surface area (Å²) < 4.78 is 26.8. The van der Waals surface area contributed by atoms with Crippen molar-refractivity contribution in [2.45, 2.75) is 36.6 Å². The van der Waals surface area contributed by atoms with Crippen LogP contribution in [-0.2, 0) is 15.6 Å². The number of hydrogen-bond donors (Lipinski definition) is 1. The molecule has 136 valence electrons. The van der Waals surface area contributed by atoms with Gasteiger partial charge >= 0.3 is 5.97 Å². The minimum Gasteiger partial charge on any atom is -0.478 e. The molecule has 1 aliphatic carbocycles. The molecule has 5 rings (SSSR count). The normalized spacial score (nSPS) is 29.8. The number of carbonyl (C=O) groups is 1. The molecule has 2 bridgehead atoms. The standard InChI is InChI=1S/C18H18FN3O3S/c1-9-13-5-15(19)17(21-6-12-4-11(21)8-26(12)25)20-16(13)22(10-2-3-10)7-14(9)18(23)24/h5,7,10-12H,1-4,6,8H2,(H,23,24). The highest BCUT2D eigenvalue weighted by atomic mass is 32.2. The molecule has 3 unspecified atom stereocenters. The van der Waals surface area contributed by atoms with Crippen molar-refractivity contribution >= 4 is 34.0 Å². The van der Waals surface area contributed by atoms with Crippen molar-refractivity contribution in [2.75, 3.05) is 22.1 Å². The Morgan fingerprint density at radius 2 is 2.12 bits per heavy atom. The molecule has 4 aliphatic rings. The number of nitrogens with zero attached hydrogens (tertiary/aromatic N) is 3. The van der Waals surface area contributed by atoms with Crippen LogP contribution in [-0.4, -0.2) is 49.9 Å². The zero-order valence-electron chi connectivity index (χ0n) is 14.0. The van der Waals surface area contributed by atoms with E-state index in [0.717, 1.165) is 19.3 Å². The average molecular weight is 375 g/mol. The molecule has 3 atom stereocenters. The molecular weight excluding hydrogens is 357 g/mol. The Labute approximate surface area is 152 Å². The van der Waals surface area contributed by atoms with E-state index in [2.05, 4.69) is 11.6 Å². The summed E-state index contributed by atoms with van der Waals surface area (Å²) in [5.74, 6) is -0.146. The molecule has 0 spiro atoms. The van der Waals surface area contributed by atoms with Crippen LogP contribution in [0.3, 0.4) is 0 Å². The third-order valence-corrected chi connectivity index (χ3v) is 7.45. The highest BCUT2D eigenvalue weighted by Gasteiger charge is 2.45. The second-order valence-electron chi connectivity index (χ2n) is 7.34. The van der Waals surface area contributed by atoms with E-state index in [1.807, 2.05) is 9.80 Å². The fraction of sp³-hybridized carbons (Fsp3) is 0.444. The largest absolute Gasteiger partial charge is 0.478 e. The Balaban J connectivity index is 1.59. The van der Waals surface area contributed by atoms with Gasteiger partial charge in [0.05, 0.1) is 10.8 Å². The summed E-state index contributed by atoms with van der Waals surface area (Å²) in [4.78, 5) is 19.9.